The Hall–Kier alpha value is -1.07. The highest BCUT2D eigenvalue weighted by molar-refractivity contribution is 5.32. The molecule has 128 valence electrons. The van der Waals surface area contributed by atoms with Crippen LogP contribution in [0.2, 0.25) is 0 Å². The molecule has 3 rings (SSSR count). The third-order valence-electron chi connectivity index (χ3n) is 5.50. The highest BCUT2D eigenvalue weighted by atomic mass is 19.4. The number of rotatable bonds is 2. The summed E-state index contributed by atoms with van der Waals surface area (Å²) in [6.07, 6.45) is -6.44. The summed E-state index contributed by atoms with van der Waals surface area (Å²) in [7, 11) is 0. The second kappa shape index (κ2) is 4.96. The third kappa shape index (κ3) is 2.49. The Labute approximate surface area is 135 Å². The molecule has 5 heteroatoms. The molecule has 2 fully saturated rings. The maximum atomic E-state index is 13.0. The molecule has 2 heterocycles. The van der Waals surface area contributed by atoms with Crippen molar-refractivity contribution in [2.45, 2.75) is 65.2 Å². The zero-order chi connectivity index (χ0) is 17.2. The first kappa shape index (κ1) is 16.8. The van der Waals surface area contributed by atoms with Crippen molar-refractivity contribution in [1.29, 1.82) is 0 Å². The Morgan fingerprint density at radius 3 is 1.83 bits per heavy atom. The Balaban J connectivity index is 1.83. The number of hydrogen-bond donors (Lipinski definition) is 0. The molecular formula is C18H23F3O2. The van der Waals surface area contributed by atoms with E-state index in [9.17, 15) is 13.2 Å². The van der Waals surface area contributed by atoms with Crippen LogP contribution in [0.3, 0.4) is 0 Å². The van der Waals surface area contributed by atoms with Crippen molar-refractivity contribution >= 4 is 0 Å². The SMILES string of the molecule is CC1OC(c2cccc(C3OC(C(F)(F)F)C3(C)C)c2)C1(C)C. The minimum Gasteiger partial charge on any atom is -0.369 e. The number of ether oxygens (including phenoxy) is 2. The van der Waals surface area contributed by atoms with Crippen molar-refractivity contribution in [2.75, 3.05) is 0 Å². The van der Waals surface area contributed by atoms with E-state index in [0.717, 1.165) is 11.1 Å². The summed E-state index contributed by atoms with van der Waals surface area (Å²) in [5.41, 5.74) is 0.830. The van der Waals surface area contributed by atoms with E-state index >= 15 is 0 Å². The van der Waals surface area contributed by atoms with Gasteiger partial charge in [0, 0.05) is 10.8 Å². The molecule has 2 aliphatic heterocycles. The van der Waals surface area contributed by atoms with Crippen LogP contribution in [0.1, 0.15) is 58.0 Å². The summed E-state index contributed by atoms with van der Waals surface area (Å²) < 4.78 is 49.9. The monoisotopic (exact) mass is 328 g/mol. The summed E-state index contributed by atoms with van der Waals surface area (Å²) >= 11 is 0. The Bertz CT molecular complexity index is 607. The number of benzene rings is 1. The smallest absolute Gasteiger partial charge is 0.369 e. The summed E-state index contributed by atoms with van der Waals surface area (Å²) in [5, 5.41) is 0. The van der Waals surface area contributed by atoms with Crippen molar-refractivity contribution in [3.8, 4) is 0 Å². The van der Waals surface area contributed by atoms with Gasteiger partial charge in [-0.3, -0.25) is 0 Å². The lowest BCUT2D eigenvalue weighted by Gasteiger charge is -2.53. The highest BCUT2D eigenvalue weighted by Crippen LogP contribution is 2.57. The van der Waals surface area contributed by atoms with Crippen molar-refractivity contribution in [3.05, 3.63) is 35.4 Å². The number of hydrogen-bond acceptors (Lipinski definition) is 2. The summed E-state index contributed by atoms with van der Waals surface area (Å²) in [4.78, 5) is 0. The van der Waals surface area contributed by atoms with Crippen LogP contribution in [-0.2, 0) is 9.47 Å². The van der Waals surface area contributed by atoms with E-state index < -0.39 is 23.8 Å². The van der Waals surface area contributed by atoms with Gasteiger partial charge in [0.05, 0.1) is 18.3 Å². The predicted octanol–water partition coefficient (Wildman–Crippen LogP) is 5.20. The lowest BCUT2D eigenvalue weighted by molar-refractivity contribution is -0.351. The molecule has 1 aromatic rings. The van der Waals surface area contributed by atoms with E-state index in [0.29, 0.717) is 0 Å². The Morgan fingerprint density at radius 1 is 0.913 bits per heavy atom. The predicted molar refractivity (Wildman–Crippen MR) is 81.0 cm³/mol. The molecule has 0 radical (unpaired) electrons. The summed E-state index contributed by atoms with van der Waals surface area (Å²) in [5.74, 6) is 0. The molecule has 2 aliphatic rings. The van der Waals surface area contributed by atoms with Gasteiger partial charge in [0.25, 0.3) is 0 Å². The third-order valence-corrected chi connectivity index (χ3v) is 5.50. The normalized spacial score (nSPS) is 35.3. The standard InChI is InChI=1S/C18H23F3O2/c1-10-16(2,3)13(22-10)11-7-6-8-12(9-11)14-17(4,5)15(23-14)18(19,20)21/h6-10,13-15H,1-5H3. The van der Waals surface area contributed by atoms with E-state index in [1.807, 2.05) is 31.2 Å². The molecule has 2 nitrogen and oxygen atoms in total. The molecule has 4 unspecified atom stereocenters. The minimum atomic E-state index is -4.33. The van der Waals surface area contributed by atoms with Gasteiger partial charge >= 0.3 is 6.18 Å². The van der Waals surface area contributed by atoms with E-state index in [1.54, 1.807) is 13.8 Å². The van der Waals surface area contributed by atoms with Crippen LogP contribution in [0.5, 0.6) is 0 Å². The van der Waals surface area contributed by atoms with Crippen molar-refractivity contribution in [1.82, 2.24) is 0 Å². The second-order valence-electron chi connectivity index (χ2n) is 7.91. The van der Waals surface area contributed by atoms with Gasteiger partial charge in [-0.25, -0.2) is 0 Å². The Morgan fingerprint density at radius 2 is 1.43 bits per heavy atom. The van der Waals surface area contributed by atoms with Gasteiger partial charge in [-0.15, -0.1) is 0 Å². The fourth-order valence-corrected chi connectivity index (χ4v) is 3.65. The van der Waals surface area contributed by atoms with Gasteiger partial charge in [-0.2, -0.15) is 13.2 Å². The number of alkyl halides is 3. The van der Waals surface area contributed by atoms with Gasteiger partial charge in [0.2, 0.25) is 0 Å². The van der Waals surface area contributed by atoms with Gasteiger partial charge in [0.15, 0.2) is 6.10 Å². The van der Waals surface area contributed by atoms with Crippen molar-refractivity contribution < 1.29 is 22.6 Å². The van der Waals surface area contributed by atoms with E-state index in [1.165, 1.54) is 0 Å². The Kier molecular flexibility index (Phi) is 3.62. The van der Waals surface area contributed by atoms with Crippen LogP contribution in [0.15, 0.2) is 24.3 Å². The fraction of sp³-hybridized carbons (Fsp3) is 0.667. The van der Waals surface area contributed by atoms with Gasteiger partial charge in [0.1, 0.15) is 0 Å². The lowest BCUT2D eigenvalue weighted by atomic mass is 9.70. The van der Waals surface area contributed by atoms with Crippen LogP contribution >= 0.6 is 0 Å². The largest absolute Gasteiger partial charge is 0.415 e. The molecule has 0 saturated carbocycles. The molecule has 0 N–H and O–H groups in total. The fourth-order valence-electron chi connectivity index (χ4n) is 3.65. The molecule has 0 spiro atoms. The molecule has 0 aliphatic carbocycles. The first-order valence-corrected chi connectivity index (χ1v) is 7.93. The average molecular weight is 328 g/mol. The van der Waals surface area contributed by atoms with Gasteiger partial charge in [-0.05, 0) is 18.1 Å². The maximum Gasteiger partial charge on any atom is 0.415 e. The minimum absolute atomic E-state index is 0.0170. The van der Waals surface area contributed by atoms with E-state index in [-0.39, 0.29) is 17.6 Å². The summed E-state index contributed by atoms with van der Waals surface area (Å²) in [6.45, 7) is 9.53. The molecule has 23 heavy (non-hydrogen) atoms. The molecule has 0 amide bonds. The first-order valence-electron chi connectivity index (χ1n) is 7.93. The molecule has 1 aromatic carbocycles. The molecule has 0 aromatic heterocycles. The summed E-state index contributed by atoms with van der Waals surface area (Å²) in [6, 6.07) is 7.59. The van der Waals surface area contributed by atoms with Crippen LogP contribution in [0.25, 0.3) is 0 Å². The lowest BCUT2D eigenvalue weighted by Crippen LogP contribution is -2.57. The van der Waals surface area contributed by atoms with Crippen LogP contribution in [0, 0.1) is 10.8 Å². The van der Waals surface area contributed by atoms with Crippen LogP contribution in [0.4, 0.5) is 13.2 Å². The van der Waals surface area contributed by atoms with Crippen LogP contribution < -0.4 is 0 Å². The zero-order valence-corrected chi connectivity index (χ0v) is 14.1. The van der Waals surface area contributed by atoms with E-state index in [4.69, 9.17) is 9.47 Å². The molecule has 2 saturated heterocycles. The maximum absolute atomic E-state index is 13.0. The van der Waals surface area contributed by atoms with E-state index in [2.05, 4.69) is 13.8 Å². The molecular weight excluding hydrogens is 305 g/mol. The number of halogens is 3. The van der Waals surface area contributed by atoms with Crippen molar-refractivity contribution in [2.24, 2.45) is 10.8 Å². The average Bonchev–Trinajstić information content (AvgIpc) is 2.42. The van der Waals surface area contributed by atoms with Gasteiger partial charge in [-0.1, -0.05) is 52.0 Å². The molecule has 4 atom stereocenters. The topological polar surface area (TPSA) is 18.5 Å². The van der Waals surface area contributed by atoms with Crippen molar-refractivity contribution in [3.63, 3.8) is 0 Å². The second-order valence-corrected chi connectivity index (χ2v) is 7.91. The van der Waals surface area contributed by atoms with Crippen LogP contribution in [-0.4, -0.2) is 18.4 Å². The molecule has 0 bridgehead atoms. The first-order chi connectivity index (χ1) is 10.5. The highest BCUT2D eigenvalue weighted by Gasteiger charge is 2.62. The zero-order valence-electron chi connectivity index (χ0n) is 14.1. The van der Waals surface area contributed by atoms with Gasteiger partial charge < -0.3 is 9.47 Å². The quantitative estimate of drug-likeness (QED) is 0.743.